The average molecular weight is 242 g/mol. The highest BCUT2D eigenvalue weighted by atomic mass is 16.4. The number of urea groups is 1. The van der Waals surface area contributed by atoms with E-state index in [-0.39, 0.29) is 18.0 Å². The number of amides is 2. The molecule has 17 heavy (non-hydrogen) atoms. The first-order chi connectivity index (χ1) is 8.08. The Balaban J connectivity index is 2.07. The van der Waals surface area contributed by atoms with Crippen molar-refractivity contribution in [2.45, 2.75) is 57.4 Å². The number of unbranched alkanes of at least 4 members (excludes halogenated alkanes) is 1. The predicted molar refractivity (Wildman–Crippen MR) is 64.9 cm³/mol. The summed E-state index contributed by atoms with van der Waals surface area (Å²) in [4.78, 5) is 21.8. The van der Waals surface area contributed by atoms with Gasteiger partial charge in [0.05, 0.1) is 0 Å². The van der Waals surface area contributed by atoms with Crippen molar-refractivity contribution in [1.29, 1.82) is 0 Å². The fourth-order valence-corrected chi connectivity index (χ4v) is 2.06. The largest absolute Gasteiger partial charge is 0.481 e. The molecule has 0 aromatic carbocycles. The molecule has 0 radical (unpaired) electrons. The zero-order valence-electron chi connectivity index (χ0n) is 10.4. The molecule has 5 nitrogen and oxygen atoms in total. The van der Waals surface area contributed by atoms with Crippen LogP contribution in [0.5, 0.6) is 0 Å². The Hall–Kier alpha value is -1.26. The number of carboxylic acid groups (broad SMARTS) is 1. The molecule has 0 aromatic heterocycles. The molecule has 1 saturated carbocycles. The van der Waals surface area contributed by atoms with Gasteiger partial charge in [-0.05, 0) is 38.5 Å². The summed E-state index contributed by atoms with van der Waals surface area (Å²) in [5.41, 5.74) is 0.0190. The van der Waals surface area contributed by atoms with Crippen LogP contribution in [0.3, 0.4) is 0 Å². The number of rotatable bonds is 7. The molecule has 0 aliphatic heterocycles. The van der Waals surface area contributed by atoms with Crippen molar-refractivity contribution in [3.05, 3.63) is 0 Å². The molecule has 0 bridgehead atoms. The molecule has 2 amide bonds. The van der Waals surface area contributed by atoms with E-state index >= 15 is 0 Å². The van der Waals surface area contributed by atoms with Crippen LogP contribution in [0.15, 0.2) is 0 Å². The Labute approximate surface area is 102 Å². The van der Waals surface area contributed by atoms with E-state index in [1.165, 1.54) is 6.42 Å². The van der Waals surface area contributed by atoms with Gasteiger partial charge in [-0.25, -0.2) is 4.79 Å². The second-order valence-corrected chi connectivity index (χ2v) is 4.72. The van der Waals surface area contributed by atoms with Crippen LogP contribution in [0.25, 0.3) is 0 Å². The van der Waals surface area contributed by atoms with Crippen LogP contribution in [-0.4, -0.2) is 29.2 Å². The zero-order chi connectivity index (χ0) is 12.7. The maximum Gasteiger partial charge on any atom is 0.315 e. The maximum absolute atomic E-state index is 11.6. The number of hydrogen-bond acceptors (Lipinski definition) is 2. The molecule has 1 aliphatic rings. The van der Waals surface area contributed by atoms with Gasteiger partial charge in [0.1, 0.15) is 0 Å². The SMILES string of the molecule is CCC1(NC(=O)NCCCCC(=O)O)CCC1. The summed E-state index contributed by atoms with van der Waals surface area (Å²) < 4.78 is 0. The summed E-state index contributed by atoms with van der Waals surface area (Å²) in [6, 6.07) is -0.123. The predicted octanol–water partition coefficient (Wildman–Crippen LogP) is 1.87. The Morgan fingerprint density at radius 1 is 1.29 bits per heavy atom. The Morgan fingerprint density at radius 2 is 2.00 bits per heavy atom. The van der Waals surface area contributed by atoms with Crippen molar-refractivity contribution in [3.8, 4) is 0 Å². The van der Waals surface area contributed by atoms with Crippen LogP contribution in [0, 0.1) is 0 Å². The van der Waals surface area contributed by atoms with E-state index in [0.717, 1.165) is 19.3 Å². The molecule has 0 spiro atoms. The van der Waals surface area contributed by atoms with Crippen LogP contribution >= 0.6 is 0 Å². The standard InChI is InChI=1S/C12H22N2O3/c1-2-12(7-5-8-12)14-11(17)13-9-4-3-6-10(15)16/h2-9H2,1H3,(H,15,16)(H2,13,14,17). The smallest absolute Gasteiger partial charge is 0.315 e. The van der Waals surface area contributed by atoms with Crippen molar-refractivity contribution < 1.29 is 14.7 Å². The van der Waals surface area contributed by atoms with E-state index in [2.05, 4.69) is 17.6 Å². The van der Waals surface area contributed by atoms with Gasteiger partial charge in [0.2, 0.25) is 0 Å². The highest BCUT2D eigenvalue weighted by molar-refractivity contribution is 5.74. The van der Waals surface area contributed by atoms with E-state index < -0.39 is 5.97 Å². The van der Waals surface area contributed by atoms with Gasteiger partial charge in [-0.1, -0.05) is 6.92 Å². The molecule has 1 aliphatic carbocycles. The molecule has 0 saturated heterocycles. The first-order valence-electron chi connectivity index (χ1n) is 6.36. The summed E-state index contributed by atoms with van der Waals surface area (Å²) in [7, 11) is 0. The van der Waals surface area contributed by atoms with Gasteiger partial charge in [0.15, 0.2) is 0 Å². The lowest BCUT2D eigenvalue weighted by Crippen LogP contribution is -2.55. The molecular formula is C12H22N2O3. The van der Waals surface area contributed by atoms with Gasteiger partial charge in [-0.15, -0.1) is 0 Å². The third-order valence-electron chi connectivity index (χ3n) is 3.47. The third-order valence-corrected chi connectivity index (χ3v) is 3.47. The van der Waals surface area contributed by atoms with Crippen molar-refractivity contribution in [1.82, 2.24) is 10.6 Å². The normalized spacial score (nSPS) is 17.0. The van der Waals surface area contributed by atoms with Crippen molar-refractivity contribution in [2.75, 3.05) is 6.54 Å². The summed E-state index contributed by atoms with van der Waals surface area (Å²) in [6.45, 7) is 2.63. The Kier molecular flexibility index (Phi) is 5.25. The molecule has 98 valence electrons. The fourth-order valence-electron chi connectivity index (χ4n) is 2.06. The van der Waals surface area contributed by atoms with Crippen LogP contribution in [0.2, 0.25) is 0 Å². The lowest BCUT2D eigenvalue weighted by atomic mass is 9.75. The third kappa shape index (κ3) is 4.63. The minimum Gasteiger partial charge on any atom is -0.481 e. The zero-order valence-corrected chi connectivity index (χ0v) is 10.4. The van der Waals surface area contributed by atoms with Gasteiger partial charge >= 0.3 is 12.0 Å². The van der Waals surface area contributed by atoms with Crippen molar-refractivity contribution in [2.24, 2.45) is 0 Å². The van der Waals surface area contributed by atoms with E-state index in [9.17, 15) is 9.59 Å². The first kappa shape index (κ1) is 13.8. The average Bonchev–Trinajstić information content (AvgIpc) is 2.22. The molecular weight excluding hydrogens is 220 g/mol. The van der Waals surface area contributed by atoms with Gasteiger partial charge < -0.3 is 15.7 Å². The van der Waals surface area contributed by atoms with E-state index in [4.69, 9.17) is 5.11 Å². The topological polar surface area (TPSA) is 78.4 Å². The van der Waals surface area contributed by atoms with Crippen LogP contribution < -0.4 is 10.6 Å². The number of nitrogens with one attached hydrogen (secondary N) is 2. The van der Waals surface area contributed by atoms with E-state index in [0.29, 0.717) is 19.4 Å². The fraction of sp³-hybridized carbons (Fsp3) is 0.833. The second-order valence-electron chi connectivity index (χ2n) is 4.72. The van der Waals surface area contributed by atoms with E-state index in [1.807, 2.05) is 0 Å². The van der Waals surface area contributed by atoms with Gasteiger partial charge in [0, 0.05) is 18.5 Å². The summed E-state index contributed by atoms with van der Waals surface area (Å²) in [6.07, 6.45) is 5.77. The monoisotopic (exact) mass is 242 g/mol. The molecule has 0 heterocycles. The Morgan fingerprint density at radius 3 is 2.47 bits per heavy atom. The molecule has 1 rings (SSSR count). The summed E-state index contributed by atoms with van der Waals surface area (Å²) in [5, 5.41) is 14.2. The molecule has 0 atom stereocenters. The molecule has 1 fully saturated rings. The summed E-state index contributed by atoms with van der Waals surface area (Å²) >= 11 is 0. The maximum atomic E-state index is 11.6. The van der Waals surface area contributed by atoms with Crippen molar-refractivity contribution >= 4 is 12.0 Å². The lowest BCUT2D eigenvalue weighted by Gasteiger charge is -2.41. The molecule has 5 heteroatoms. The quantitative estimate of drug-likeness (QED) is 0.596. The van der Waals surface area contributed by atoms with Crippen LogP contribution in [-0.2, 0) is 4.79 Å². The van der Waals surface area contributed by atoms with Crippen molar-refractivity contribution in [3.63, 3.8) is 0 Å². The number of hydrogen-bond donors (Lipinski definition) is 3. The van der Waals surface area contributed by atoms with E-state index in [1.54, 1.807) is 0 Å². The van der Waals surface area contributed by atoms with Crippen LogP contribution in [0.4, 0.5) is 4.79 Å². The highest BCUT2D eigenvalue weighted by Gasteiger charge is 2.36. The number of aliphatic carboxylic acids is 1. The minimum absolute atomic E-state index is 0.0190. The van der Waals surface area contributed by atoms with Crippen LogP contribution in [0.1, 0.15) is 51.9 Å². The first-order valence-corrected chi connectivity index (χ1v) is 6.36. The highest BCUT2D eigenvalue weighted by Crippen LogP contribution is 2.34. The summed E-state index contributed by atoms with van der Waals surface area (Å²) in [5.74, 6) is -0.783. The number of carbonyl (C=O) groups is 2. The number of carboxylic acids is 1. The molecule has 3 N–H and O–H groups in total. The van der Waals surface area contributed by atoms with Gasteiger partial charge in [-0.2, -0.15) is 0 Å². The number of carbonyl (C=O) groups excluding carboxylic acids is 1. The lowest BCUT2D eigenvalue weighted by molar-refractivity contribution is -0.137. The second kappa shape index (κ2) is 6.47. The molecule has 0 unspecified atom stereocenters. The van der Waals surface area contributed by atoms with Gasteiger partial charge in [0.25, 0.3) is 0 Å². The minimum atomic E-state index is -0.783. The van der Waals surface area contributed by atoms with Gasteiger partial charge in [-0.3, -0.25) is 4.79 Å². The molecule has 0 aromatic rings. The Bertz CT molecular complexity index is 269.